The molecule has 1 aromatic carbocycles. The second-order valence-corrected chi connectivity index (χ2v) is 6.55. The van der Waals surface area contributed by atoms with E-state index in [2.05, 4.69) is 58.5 Å². The maximum Gasteiger partial charge on any atom is 0.458 e. The van der Waals surface area contributed by atoms with Crippen LogP contribution in [-0.4, -0.2) is 18.3 Å². The third-order valence-corrected chi connectivity index (χ3v) is 4.50. The Labute approximate surface area is 123 Å². The molecule has 0 radical (unpaired) electrons. The first-order chi connectivity index (χ1) is 9.36. The van der Waals surface area contributed by atoms with Gasteiger partial charge in [0.05, 0.1) is 11.2 Å². The van der Waals surface area contributed by atoms with Crippen molar-refractivity contribution >= 4 is 7.12 Å². The number of hydrogen-bond acceptors (Lipinski definition) is 2. The van der Waals surface area contributed by atoms with Crippen LogP contribution in [0, 0.1) is 0 Å². The second kappa shape index (κ2) is 5.75. The third kappa shape index (κ3) is 3.16. The van der Waals surface area contributed by atoms with E-state index in [-0.39, 0.29) is 18.3 Å². The van der Waals surface area contributed by atoms with Gasteiger partial charge in [0.2, 0.25) is 0 Å². The molecule has 108 valence electrons. The SMILES string of the molecule is C=CCC(CB1OC(C)(C)C(C)(C)O1)c1ccccc1. The standard InChI is InChI=1S/C17H25BO2/c1-6-10-15(14-11-8-7-9-12-14)13-18-19-16(2,3)17(4,5)20-18/h6-9,11-12,15H,1,10,13H2,2-5H3. The molecule has 1 aliphatic rings. The minimum absolute atomic E-state index is 0.148. The molecule has 0 bridgehead atoms. The van der Waals surface area contributed by atoms with E-state index in [0.717, 1.165) is 12.7 Å². The van der Waals surface area contributed by atoms with Gasteiger partial charge in [-0.2, -0.15) is 0 Å². The predicted molar refractivity (Wildman–Crippen MR) is 84.9 cm³/mol. The molecule has 0 amide bonds. The molecule has 0 aliphatic carbocycles. The van der Waals surface area contributed by atoms with Crippen molar-refractivity contribution < 1.29 is 9.31 Å². The first-order valence-electron chi connectivity index (χ1n) is 7.37. The van der Waals surface area contributed by atoms with Crippen LogP contribution in [-0.2, 0) is 9.31 Å². The van der Waals surface area contributed by atoms with Gasteiger partial charge in [-0.25, -0.2) is 0 Å². The van der Waals surface area contributed by atoms with E-state index in [4.69, 9.17) is 9.31 Å². The van der Waals surface area contributed by atoms with E-state index in [1.807, 2.05) is 12.1 Å². The van der Waals surface area contributed by atoms with Crippen molar-refractivity contribution in [2.75, 3.05) is 0 Å². The van der Waals surface area contributed by atoms with Crippen molar-refractivity contribution in [3.8, 4) is 0 Å². The number of hydrogen-bond donors (Lipinski definition) is 0. The summed E-state index contributed by atoms with van der Waals surface area (Å²) in [6, 6.07) is 10.5. The summed E-state index contributed by atoms with van der Waals surface area (Å²) in [6.45, 7) is 12.3. The lowest BCUT2D eigenvalue weighted by atomic mass is 9.73. The Kier molecular flexibility index (Phi) is 4.41. The van der Waals surface area contributed by atoms with Gasteiger partial charge in [-0.3, -0.25) is 0 Å². The topological polar surface area (TPSA) is 18.5 Å². The first kappa shape index (κ1) is 15.3. The fraction of sp³-hybridized carbons (Fsp3) is 0.529. The molecule has 1 heterocycles. The number of rotatable bonds is 5. The zero-order valence-corrected chi connectivity index (χ0v) is 13.1. The average molecular weight is 272 g/mol. The first-order valence-corrected chi connectivity index (χ1v) is 7.37. The zero-order chi connectivity index (χ0) is 14.8. The van der Waals surface area contributed by atoms with Crippen molar-refractivity contribution in [2.24, 2.45) is 0 Å². The molecule has 0 saturated carbocycles. The molecule has 0 spiro atoms. The number of benzene rings is 1. The van der Waals surface area contributed by atoms with Crippen molar-refractivity contribution in [3.63, 3.8) is 0 Å². The van der Waals surface area contributed by atoms with E-state index in [1.165, 1.54) is 5.56 Å². The van der Waals surface area contributed by atoms with Crippen LogP contribution in [0.5, 0.6) is 0 Å². The summed E-state index contributed by atoms with van der Waals surface area (Å²) < 4.78 is 12.2. The Bertz CT molecular complexity index is 437. The summed E-state index contributed by atoms with van der Waals surface area (Å²) >= 11 is 0. The van der Waals surface area contributed by atoms with Gasteiger partial charge >= 0.3 is 7.12 Å². The average Bonchev–Trinajstić information content (AvgIpc) is 2.58. The van der Waals surface area contributed by atoms with Gasteiger partial charge in [-0.1, -0.05) is 36.4 Å². The molecule has 1 saturated heterocycles. The van der Waals surface area contributed by atoms with Gasteiger partial charge in [0.15, 0.2) is 0 Å². The molecular weight excluding hydrogens is 247 g/mol. The normalized spacial score (nSPS) is 21.7. The summed E-state index contributed by atoms with van der Waals surface area (Å²) in [5.74, 6) is 0.392. The molecule has 2 rings (SSSR count). The Hall–Kier alpha value is -1.06. The lowest BCUT2D eigenvalue weighted by Gasteiger charge is -2.32. The highest BCUT2D eigenvalue weighted by atomic mass is 16.7. The molecule has 20 heavy (non-hydrogen) atoms. The van der Waals surface area contributed by atoms with E-state index in [0.29, 0.717) is 5.92 Å². The van der Waals surface area contributed by atoms with Gasteiger partial charge in [0, 0.05) is 0 Å². The van der Waals surface area contributed by atoms with Gasteiger partial charge in [-0.15, -0.1) is 6.58 Å². The molecule has 3 heteroatoms. The Morgan fingerprint density at radius 2 is 1.65 bits per heavy atom. The predicted octanol–water partition coefficient (Wildman–Crippen LogP) is 4.44. The van der Waals surface area contributed by atoms with E-state index < -0.39 is 0 Å². The molecule has 0 aromatic heterocycles. The van der Waals surface area contributed by atoms with Crippen LogP contribution in [0.3, 0.4) is 0 Å². The molecular formula is C17H25BO2. The molecule has 1 aromatic rings. The summed E-state index contributed by atoms with van der Waals surface area (Å²) in [5, 5.41) is 0. The molecule has 1 aliphatic heterocycles. The number of allylic oxidation sites excluding steroid dienone is 1. The zero-order valence-electron chi connectivity index (χ0n) is 13.1. The minimum atomic E-state index is -0.257. The summed E-state index contributed by atoms with van der Waals surface area (Å²) in [5.41, 5.74) is 0.808. The van der Waals surface area contributed by atoms with Gasteiger partial charge in [0.25, 0.3) is 0 Å². The van der Waals surface area contributed by atoms with Crippen molar-refractivity contribution in [3.05, 3.63) is 48.6 Å². The maximum atomic E-state index is 6.11. The fourth-order valence-electron chi connectivity index (χ4n) is 2.59. The van der Waals surface area contributed by atoms with Crippen molar-refractivity contribution in [2.45, 2.75) is 57.6 Å². The lowest BCUT2D eigenvalue weighted by molar-refractivity contribution is 0.00578. The molecule has 1 atom stereocenters. The molecule has 1 fully saturated rings. The largest absolute Gasteiger partial charge is 0.458 e. The maximum absolute atomic E-state index is 6.11. The molecule has 2 nitrogen and oxygen atoms in total. The van der Waals surface area contributed by atoms with Crippen molar-refractivity contribution in [1.29, 1.82) is 0 Å². The summed E-state index contributed by atoms with van der Waals surface area (Å²) in [4.78, 5) is 0. The van der Waals surface area contributed by atoms with Gasteiger partial charge in [0.1, 0.15) is 0 Å². The van der Waals surface area contributed by atoms with Crippen LogP contribution < -0.4 is 0 Å². The quantitative estimate of drug-likeness (QED) is 0.582. The fourth-order valence-corrected chi connectivity index (χ4v) is 2.59. The second-order valence-electron chi connectivity index (χ2n) is 6.55. The van der Waals surface area contributed by atoms with Crippen LogP contribution in [0.15, 0.2) is 43.0 Å². The summed E-state index contributed by atoms with van der Waals surface area (Å²) in [7, 11) is -0.148. The van der Waals surface area contributed by atoms with Crippen LogP contribution in [0.2, 0.25) is 6.32 Å². The van der Waals surface area contributed by atoms with Gasteiger partial charge < -0.3 is 9.31 Å². The third-order valence-electron chi connectivity index (χ3n) is 4.50. The van der Waals surface area contributed by atoms with Crippen LogP contribution >= 0.6 is 0 Å². The highest BCUT2D eigenvalue weighted by molar-refractivity contribution is 6.45. The van der Waals surface area contributed by atoms with E-state index in [1.54, 1.807) is 0 Å². The van der Waals surface area contributed by atoms with Crippen molar-refractivity contribution in [1.82, 2.24) is 0 Å². The monoisotopic (exact) mass is 272 g/mol. The highest BCUT2D eigenvalue weighted by Gasteiger charge is 2.51. The lowest BCUT2D eigenvalue weighted by Crippen LogP contribution is -2.41. The minimum Gasteiger partial charge on any atom is -0.403 e. The molecule has 0 N–H and O–H groups in total. The Morgan fingerprint density at radius 1 is 1.10 bits per heavy atom. The highest BCUT2D eigenvalue weighted by Crippen LogP contribution is 2.40. The Balaban J connectivity index is 2.09. The van der Waals surface area contributed by atoms with Gasteiger partial charge in [-0.05, 0) is 51.9 Å². The van der Waals surface area contributed by atoms with Crippen LogP contribution in [0.25, 0.3) is 0 Å². The smallest absolute Gasteiger partial charge is 0.403 e. The van der Waals surface area contributed by atoms with Crippen LogP contribution in [0.4, 0.5) is 0 Å². The van der Waals surface area contributed by atoms with E-state index >= 15 is 0 Å². The van der Waals surface area contributed by atoms with Crippen LogP contribution in [0.1, 0.15) is 45.6 Å². The molecule has 1 unspecified atom stereocenters. The van der Waals surface area contributed by atoms with E-state index in [9.17, 15) is 0 Å². The Morgan fingerprint density at radius 3 is 2.15 bits per heavy atom. The summed E-state index contributed by atoms with van der Waals surface area (Å²) in [6.07, 6.45) is 3.78.